The summed E-state index contributed by atoms with van der Waals surface area (Å²) in [5, 5.41) is 5.38. The van der Waals surface area contributed by atoms with E-state index in [1.807, 2.05) is 5.38 Å². The first-order valence-corrected chi connectivity index (χ1v) is 7.77. The summed E-state index contributed by atoms with van der Waals surface area (Å²) in [6.07, 6.45) is 5.34. The Balaban J connectivity index is 1.52. The van der Waals surface area contributed by atoms with Crippen molar-refractivity contribution in [2.75, 3.05) is 25.0 Å². The van der Waals surface area contributed by atoms with Crippen LogP contribution in [0, 0.1) is 11.8 Å². The number of nitrogens with two attached hydrogens (primary N) is 1. The number of aromatic nitrogens is 1. The molecule has 6 heteroatoms. The maximum atomic E-state index is 11.9. The number of fused-ring (bicyclic) bond motifs is 1. The molecule has 0 spiro atoms. The van der Waals surface area contributed by atoms with Gasteiger partial charge in [0.1, 0.15) is 0 Å². The van der Waals surface area contributed by atoms with Crippen molar-refractivity contribution in [3.05, 3.63) is 11.6 Å². The summed E-state index contributed by atoms with van der Waals surface area (Å²) >= 11 is 1.45. The molecule has 0 bridgehead atoms. The first kappa shape index (κ1) is 13.0. The summed E-state index contributed by atoms with van der Waals surface area (Å²) < 4.78 is 0. The van der Waals surface area contributed by atoms with Crippen molar-refractivity contribution in [3.8, 4) is 0 Å². The minimum Gasteiger partial charge on any atom is -0.327 e. The molecule has 2 heterocycles. The molecule has 0 radical (unpaired) electrons. The van der Waals surface area contributed by atoms with E-state index in [4.69, 9.17) is 5.73 Å². The highest BCUT2D eigenvalue weighted by Crippen LogP contribution is 2.35. The van der Waals surface area contributed by atoms with Gasteiger partial charge in [0.2, 0.25) is 5.91 Å². The summed E-state index contributed by atoms with van der Waals surface area (Å²) in [6, 6.07) is 0.325. The number of carbonyl (C=O) groups excluding carboxylic acids is 1. The number of hydrogen-bond acceptors (Lipinski definition) is 5. The van der Waals surface area contributed by atoms with Gasteiger partial charge in [-0.05, 0) is 24.7 Å². The zero-order valence-corrected chi connectivity index (χ0v) is 11.7. The topological polar surface area (TPSA) is 71.2 Å². The number of likely N-dealkylation sites (tertiary alicyclic amines) is 1. The Morgan fingerprint density at radius 2 is 2.42 bits per heavy atom. The summed E-state index contributed by atoms with van der Waals surface area (Å²) in [6.45, 7) is 2.44. The Hall–Kier alpha value is -0.980. The number of thiazole rings is 1. The van der Waals surface area contributed by atoms with Crippen LogP contribution < -0.4 is 11.1 Å². The molecule has 19 heavy (non-hydrogen) atoms. The lowest BCUT2D eigenvalue weighted by Gasteiger charge is -2.29. The molecule has 5 nitrogen and oxygen atoms in total. The lowest BCUT2D eigenvalue weighted by molar-refractivity contribution is -0.117. The molecule has 2 aliphatic rings. The van der Waals surface area contributed by atoms with Gasteiger partial charge in [-0.1, -0.05) is 6.42 Å². The van der Waals surface area contributed by atoms with E-state index in [-0.39, 0.29) is 5.91 Å². The van der Waals surface area contributed by atoms with Gasteiger partial charge < -0.3 is 11.1 Å². The summed E-state index contributed by atoms with van der Waals surface area (Å²) in [7, 11) is 0. The van der Waals surface area contributed by atoms with Gasteiger partial charge in [0.25, 0.3) is 0 Å². The Bertz CT molecular complexity index is 436. The van der Waals surface area contributed by atoms with Crippen LogP contribution in [-0.2, 0) is 4.79 Å². The third kappa shape index (κ3) is 2.96. The Kier molecular flexibility index (Phi) is 3.81. The van der Waals surface area contributed by atoms with Crippen LogP contribution in [0.5, 0.6) is 0 Å². The van der Waals surface area contributed by atoms with E-state index < -0.39 is 0 Å². The number of anilines is 1. The van der Waals surface area contributed by atoms with Crippen LogP contribution in [0.4, 0.5) is 5.13 Å². The molecule has 104 valence electrons. The zero-order chi connectivity index (χ0) is 13.2. The van der Waals surface area contributed by atoms with Crippen LogP contribution >= 0.6 is 11.3 Å². The van der Waals surface area contributed by atoms with Crippen LogP contribution in [0.15, 0.2) is 11.6 Å². The van der Waals surface area contributed by atoms with Crippen LogP contribution in [-0.4, -0.2) is 41.5 Å². The third-order valence-electron chi connectivity index (χ3n) is 4.28. The van der Waals surface area contributed by atoms with E-state index in [1.165, 1.54) is 24.2 Å². The second kappa shape index (κ2) is 5.56. The number of amides is 1. The molecule has 1 saturated heterocycles. The molecule has 1 aliphatic heterocycles. The fourth-order valence-electron chi connectivity index (χ4n) is 3.39. The van der Waals surface area contributed by atoms with Gasteiger partial charge in [0.15, 0.2) is 5.13 Å². The first-order chi connectivity index (χ1) is 9.22. The molecule has 3 rings (SSSR count). The van der Waals surface area contributed by atoms with Crippen molar-refractivity contribution in [1.29, 1.82) is 0 Å². The molecule has 1 aromatic heterocycles. The van der Waals surface area contributed by atoms with E-state index in [0.29, 0.717) is 29.6 Å². The van der Waals surface area contributed by atoms with Gasteiger partial charge in [0, 0.05) is 30.7 Å². The smallest absolute Gasteiger partial charge is 0.240 e. The highest BCUT2D eigenvalue weighted by atomic mass is 32.1. The Morgan fingerprint density at radius 3 is 3.16 bits per heavy atom. The average Bonchev–Trinajstić information content (AvgIpc) is 2.98. The quantitative estimate of drug-likeness (QED) is 0.871. The molecule has 3 unspecified atom stereocenters. The van der Waals surface area contributed by atoms with Gasteiger partial charge in [0.05, 0.1) is 6.54 Å². The predicted octanol–water partition coefficient (Wildman–Crippen LogP) is 1.14. The van der Waals surface area contributed by atoms with Gasteiger partial charge in [-0.2, -0.15) is 0 Å². The summed E-state index contributed by atoms with van der Waals surface area (Å²) in [5.41, 5.74) is 6.19. The van der Waals surface area contributed by atoms with E-state index >= 15 is 0 Å². The van der Waals surface area contributed by atoms with E-state index in [9.17, 15) is 4.79 Å². The van der Waals surface area contributed by atoms with Crippen LogP contribution in [0.2, 0.25) is 0 Å². The number of carbonyl (C=O) groups is 1. The largest absolute Gasteiger partial charge is 0.327 e. The highest BCUT2D eigenvalue weighted by Gasteiger charge is 2.38. The second-order valence-electron chi connectivity index (χ2n) is 5.60. The average molecular weight is 280 g/mol. The fraction of sp³-hybridized carbons (Fsp3) is 0.692. The number of nitrogens with one attached hydrogen (secondary N) is 1. The van der Waals surface area contributed by atoms with E-state index in [1.54, 1.807) is 6.20 Å². The molecule has 1 amide bonds. The van der Waals surface area contributed by atoms with Gasteiger partial charge in [-0.15, -0.1) is 11.3 Å². The van der Waals surface area contributed by atoms with Crippen LogP contribution in [0.25, 0.3) is 0 Å². The van der Waals surface area contributed by atoms with Crippen molar-refractivity contribution in [2.24, 2.45) is 17.6 Å². The summed E-state index contributed by atoms with van der Waals surface area (Å²) in [4.78, 5) is 18.2. The lowest BCUT2D eigenvalue weighted by atomic mass is 9.78. The molecule has 3 atom stereocenters. The van der Waals surface area contributed by atoms with Gasteiger partial charge in [-0.3, -0.25) is 9.69 Å². The lowest BCUT2D eigenvalue weighted by Crippen LogP contribution is -2.38. The number of hydrogen-bond donors (Lipinski definition) is 2. The molecule has 0 aromatic carbocycles. The molecule has 2 fully saturated rings. The van der Waals surface area contributed by atoms with E-state index in [2.05, 4.69) is 15.2 Å². The first-order valence-electron chi connectivity index (χ1n) is 6.89. The monoisotopic (exact) mass is 280 g/mol. The third-order valence-corrected chi connectivity index (χ3v) is 4.96. The van der Waals surface area contributed by atoms with Crippen molar-refractivity contribution < 1.29 is 4.79 Å². The van der Waals surface area contributed by atoms with Crippen molar-refractivity contribution in [3.63, 3.8) is 0 Å². The van der Waals surface area contributed by atoms with Crippen LogP contribution in [0.3, 0.4) is 0 Å². The van der Waals surface area contributed by atoms with Gasteiger partial charge >= 0.3 is 0 Å². The minimum absolute atomic E-state index is 0.0298. The minimum atomic E-state index is 0.0298. The van der Waals surface area contributed by atoms with Crippen molar-refractivity contribution in [2.45, 2.75) is 25.3 Å². The molecule has 1 saturated carbocycles. The molecule has 1 aromatic rings. The van der Waals surface area contributed by atoms with Crippen molar-refractivity contribution >= 4 is 22.4 Å². The van der Waals surface area contributed by atoms with Crippen molar-refractivity contribution in [1.82, 2.24) is 9.88 Å². The van der Waals surface area contributed by atoms with Crippen LogP contribution in [0.1, 0.15) is 19.3 Å². The Labute approximate surface area is 117 Å². The fourth-order valence-corrected chi connectivity index (χ4v) is 3.93. The number of rotatable bonds is 3. The number of nitrogens with zero attached hydrogens (tertiary/aromatic N) is 2. The maximum Gasteiger partial charge on any atom is 0.240 e. The standard InChI is InChI=1S/C13H20N4OS/c14-11-3-1-2-9-6-17(7-10(9)11)8-12(18)16-13-15-4-5-19-13/h4-5,9-11H,1-3,6-8,14H2,(H,15,16,18). The molecule has 3 N–H and O–H groups in total. The molecular formula is C13H20N4OS. The SMILES string of the molecule is NC1CCCC2CN(CC(=O)Nc3nccs3)CC12. The second-order valence-corrected chi connectivity index (χ2v) is 6.49. The Morgan fingerprint density at radius 1 is 1.53 bits per heavy atom. The predicted molar refractivity (Wildman–Crippen MR) is 76.0 cm³/mol. The van der Waals surface area contributed by atoms with Gasteiger partial charge in [-0.25, -0.2) is 4.98 Å². The maximum absolute atomic E-state index is 11.9. The zero-order valence-electron chi connectivity index (χ0n) is 10.9. The highest BCUT2D eigenvalue weighted by molar-refractivity contribution is 7.13. The normalized spacial score (nSPS) is 31.1. The van der Waals surface area contributed by atoms with E-state index in [0.717, 1.165) is 19.5 Å². The molecule has 1 aliphatic carbocycles. The molecular weight excluding hydrogens is 260 g/mol. The summed E-state index contributed by atoms with van der Waals surface area (Å²) in [5.74, 6) is 1.31.